The van der Waals surface area contributed by atoms with Crippen LogP contribution in [-0.4, -0.2) is 0 Å². The lowest BCUT2D eigenvalue weighted by atomic mass is 10.0. The van der Waals surface area contributed by atoms with Gasteiger partial charge in [0.05, 0.1) is 0 Å². The Morgan fingerprint density at radius 2 is 1.25 bits per heavy atom. The lowest BCUT2D eigenvalue weighted by Gasteiger charge is -2.11. The van der Waals surface area contributed by atoms with Gasteiger partial charge in [0, 0.05) is 31.5 Å². The number of hydrogen-bond acceptors (Lipinski definition) is 2. The number of benzene rings is 5. The van der Waals surface area contributed by atoms with E-state index in [4.69, 9.17) is 0 Å². The maximum Gasteiger partial charge on any atom is 0.0478 e. The first-order chi connectivity index (χ1) is 13.9. The predicted octanol–water partition coefficient (Wildman–Crippen LogP) is 8.10. The second-order valence-electron chi connectivity index (χ2n) is 7.12. The molecular formula is C26H17NS. The molecule has 0 unspecified atom stereocenters. The molecule has 0 saturated carbocycles. The Hall–Kier alpha value is -3.36. The highest BCUT2D eigenvalue weighted by Gasteiger charge is 2.09. The highest BCUT2D eigenvalue weighted by Crippen LogP contribution is 2.39. The fourth-order valence-corrected chi connectivity index (χ4v) is 5.25. The van der Waals surface area contributed by atoms with Gasteiger partial charge in [-0.15, -0.1) is 11.3 Å². The van der Waals surface area contributed by atoms with E-state index in [9.17, 15) is 0 Å². The van der Waals surface area contributed by atoms with Gasteiger partial charge in [-0.3, -0.25) is 0 Å². The van der Waals surface area contributed by atoms with Crippen molar-refractivity contribution in [3.63, 3.8) is 0 Å². The minimum absolute atomic E-state index is 1.12. The maximum atomic E-state index is 3.69. The molecule has 1 aromatic heterocycles. The molecule has 0 atom stereocenters. The highest BCUT2D eigenvalue weighted by molar-refractivity contribution is 7.25. The van der Waals surface area contributed by atoms with Crippen LogP contribution in [0.5, 0.6) is 0 Å². The van der Waals surface area contributed by atoms with Crippen LogP contribution in [0.2, 0.25) is 0 Å². The fourth-order valence-electron chi connectivity index (χ4n) is 4.11. The molecule has 1 nitrogen and oxygen atoms in total. The lowest BCUT2D eigenvalue weighted by molar-refractivity contribution is 1.62. The molecule has 1 N–H and O–H groups in total. The second-order valence-corrected chi connectivity index (χ2v) is 8.21. The van der Waals surface area contributed by atoms with Crippen molar-refractivity contribution < 1.29 is 0 Å². The van der Waals surface area contributed by atoms with Crippen LogP contribution in [0.25, 0.3) is 41.7 Å². The number of anilines is 2. The molecule has 0 aliphatic rings. The van der Waals surface area contributed by atoms with Crippen molar-refractivity contribution in [2.24, 2.45) is 0 Å². The molecule has 28 heavy (non-hydrogen) atoms. The van der Waals surface area contributed by atoms with E-state index in [0.717, 1.165) is 11.4 Å². The fraction of sp³-hybridized carbons (Fsp3) is 0. The number of hydrogen-bond donors (Lipinski definition) is 1. The van der Waals surface area contributed by atoms with Crippen LogP contribution in [0.4, 0.5) is 11.4 Å². The van der Waals surface area contributed by atoms with Gasteiger partial charge in [-0.05, 0) is 51.9 Å². The van der Waals surface area contributed by atoms with Gasteiger partial charge >= 0.3 is 0 Å². The van der Waals surface area contributed by atoms with E-state index in [-0.39, 0.29) is 0 Å². The molecule has 0 bridgehead atoms. The first kappa shape index (κ1) is 15.7. The van der Waals surface area contributed by atoms with Gasteiger partial charge in [-0.1, -0.05) is 66.7 Å². The average molecular weight is 375 g/mol. The molecule has 0 amide bonds. The van der Waals surface area contributed by atoms with Gasteiger partial charge in [0.1, 0.15) is 0 Å². The molecule has 6 aromatic rings. The van der Waals surface area contributed by atoms with Crippen LogP contribution in [0, 0.1) is 0 Å². The summed E-state index contributed by atoms with van der Waals surface area (Å²) in [4.78, 5) is 0. The largest absolute Gasteiger partial charge is 0.355 e. The topological polar surface area (TPSA) is 12.0 Å². The van der Waals surface area contributed by atoms with Crippen LogP contribution in [0.15, 0.2) is 97.1 Å². The van der Waals surface area contributed by atoms with Crippen molar-refractivity contribution in [2.45, 2.75) is 0 Å². The van der Waals surface area contributed by atoms with E-state index >= 15 is 0 Å². The molecule has 132 valence electrons. The van der Waals surface area contributed by atoms with Crippen LogP contribution in [0.3, 0.4) is 0 Å². The van der Waals surface area contributed by atoms with Gasteiger partial charge in [-0.25, -0.2) is 0 Å². The van der Waals surface area contributed by atoms with Crippen LogP contribution >= 0.6 is 11.3 Å². The summed E-state index contributed by atoms with van der Waals surface area (Å²) in [5, 5.41) is 11.4. The molecule has 0 aliphatic heterocycles. The number of nitrogens with one attached hydrogen (secondary N) is 1. The molecule has 0 radical (unpaired) electrons. The lowest BCUT2D eigenvalue weighted by Crippen LogP contribution is -1.91. The molecular weight excluding hydrogens is 358 g/mol. The maximum absolute atomic E-state index is 3.69. The predicted molar refractivity (Wildman–Crippen MR) is 124 cm³/mol. The minimum atomic E-state index is 1.12. The Bertz CT molecular complexity index is 1490. The van der Waals surface area contributed by atoms with Crippen molar-refractivity contribution in [3.05, 3.63) is 97.1 Å². The second kappa shape index (κ2) is 6.08. The van der Waals surface area contributed by atoms with Crippen LogP contribution in [0.1, 0.15) is 0 Å². The molecule has 6 rings (SSSR count). The molecule has 0 fully saturated rings. The zero-order chi connectivity index (χ0) is 18.5. The summed E-state index contributed by atoms with van der Waals surface area (Å²) < 4.78 is 2.65. The van der Waals surface area contributed by atoms with Crippen LogP contribution in [-0.2, 0) is 0 Å². The Labute approximate surface area is 166 Å². The van der Waals surface area contributed by atoms with E-state index < -0.39 is 0 Å². The van der Waals surface area contributed by atoms with Crippen molar-refractivity contribution in [3.8, 4) is 0 Å². The van der Waals surface area contributed by atoms with Gasteiger partial charge in [-0.2, -0.15) is 0 Å². The Morgan fingerprint density at radius 1 is 0.536 bits per heavy atom. The third-order valence-corrected chi connectivity index (χ3v) is 6.56. The smallest absolute Gasteiger partial charge is 0.0478 e. The van der Waals surface area contributed by atoms with Crippen molar-refractivity contribution in [1.29, 1.82) is 0 Å². The minimum Gasteiger partial charge on any atom is -0.355 e. The third-order valence-electron chi connectivity index (χ3n) is 5.43. The first-order valence-electron chi connectivity index (χ1n) is 9.46. The summed E-state index contributed by atoms with van der Waals surface area (Å²) in [5.74, 6) is 0. The normalized spacial score (nSPS) is 11.6. The number of rotatable bonds is 2. The standard InChI is InChI=1S/C26H17NS/c1-2-7-20-17(6-1)12-13-18-14-15-19(16-22(18)20)27-23-9-5-11-25-26(23)21-8-3-4-10-24(21)28-25/h1-16,27H. The SMILES string of the molecule is c1ccc2c(c1)ccc1ccc(Nc3cccc4sc5ccccc5c34)cc12. The average Bonchev–Trinajstić information content (AvgIpc) is 3.13. The van der Waals surface area contributed by atoms with Gasteiger partial charge in [0.15, 0.2) is 0 Å². The molecule has 0 saturated heterocycles. The van der Waals surface area contributed by atoms with Crippen molar-refractivity contribution in [2.75, 3.05) is 5.32 Å². The van der Waals surface area contributed by atoms with Gasteiger partial charge < -0.3 is 5.32 Å². The molecule has 0 spiro atoms. The molecule has 5 aromatic carbocycles. The quantitative estimate of drug-likeness (QED) is 0.301. The summed E-state index contributed by atoms with van der Waals surface area (Å²) in [6.07, 6.45) is 0. The molecule has 2 heteroatoms. The zero-order valence-electron chi connectivity index (χ0n) is 15.1. The van der Waals surface area contributed by atoms with Crippen LogP contribution < -0.4 is 5.32 Å². The van der Waals surface area contributed by atoms with E-state index in [1.807, 2.05) is 11.3 Å². The van der Waals surface area contributed by atoms with Gasteiger partial charge in [0.25, 0.3) is 0 Å². The summed E-state index contributed by atoms with van der Waals surface area (Å²) in [7, 11) is 0. The summed E-state index contributed by atoms with van der Waals surface area (Å²) >= 11 is 1.85. The van der Waals surface area contributed by atoms with E-state index in [1.165, 1.54) is 41.7 Å². The summed E-state index contributed by atoms with van der Waals surface area (Å²) in [6, 6.07) is 34.8. The Kier molecular flexibility index (Phi) is 3.40. The van der Waals surface area contributed by atoms with Crippen molar-refractivity contribution >= 4 is 64.4 Å². The van der Waals surface area contributed by atoms with E-state index in [0.29, 0.717) is 0 Å². The Morgan fingerprint density at radius 3 is 2.18 bits per heavy atom. The number of thiophene rings is 1. The summed E-state index contributed by atoms with van der Waals surface area (Å²) in [6.45, 7) is 0. The molecule has 0 aliphatic carbocycles. The monoisotopic (exact) mass is 375 g/mol. The first-order valence-corrected chi connectivity index (χ1v) is 10.3. The zero-order valence-corrected chi connectivity index (χ0v) is 16.0. The molecule has 1 heterocycles. The van der Waals surface area contributed by atoms with E-state index in [1.54, 1.807) is 0 Å². The third kappa shape index (κ3) is 2.39. The van der Waals surface area contributed by atoms with Crippen molar-refractivity contribution in [1.82, 2.24) is 0 Å². The van der Waals surface area contributed by atoms with E-state index in [2.05, 4.69) is 102 Å². The van der Waals surface area contributed by atoms with Gasteiger partial charge in [0.2, 0.25) is 0 Å². The summed E-state index contributed by atoms with van der Waals surface area (Å²) in [5.41, 5.74) is 2.28. The number of fused-ring (bicyclic) bond motifs is 6. The Balaban J connectivity index is 1.54. The highest BCUT2D eigenvalue weighted by atomic mass is 32.1.